The van der Waals surface area contributed by atoms with E-state index >= 15 is 0 Å². The van der Waals surface area contributed by atoms with Gasteiger partial charge >= 0.3 is 5.97 Å². The van der Waals surface area contributed by atoms with Gasteiger partial charge in [-0.2, -0.15) is 0 Å². The Bertz CT molecular complexity index is 207. The SMILES string of the molecule is CC(C)(C)OC(=O)CC1C[C@H](O)CO1. The molecule has 0 aromatic rings. The minimum Gasteiger partial charge on any atom is -0.460 e. The van der Waals surface area contributed by atoms with Crippen molar-refractivity contribution in [3.05, 3.63) is 0 Å². The lowest BCUT2D eigenvalue weighted by Gasteiger charge is -2.20. The van der Waals surface area contributed by atoms with Crippen molar-refractivity contribution in [3.8, 4) is 0 Å². The maximum Gasteiger partial charge on any atom is 0.308 e. The van der Waals surface area contributed by atoms with Crippen molar-refractivity contribution in [3.63, 3.8) is 0 Å². The summed E-state index contributed by atoms with van der Waals surface area (Å²) < 4.78 is 10.3. The van der Waals surface area contributed by atoms with Crippen LogP contribution >= 0.6 is 0 Å². The third-order valence-electron chi connectivity index (χ3n) is 1.87. The van der Waals surface area contributed by atoms with Crippen LogP contribution in [0, 0.1) is 0 Å². The number of esters is 1. The van der Waals surface area contributed by atoms with E-state index in [1.54, 1.807) is 0 Å². The van der Waals surface area contributed by atoms with Gasteiger partial charge in [0.2, 0.25) is 0 Å². The molecule has 1 N–H and O–H groups in total. The number of carbonyl (C=O) groups excluding carboxylic acids is 1. The number of ether oxygens (including phenoxy) is 2. The Balaban J connectivity index is 2.27. The summed E-state index contributed by atoms with van der Waals surface area (Å²) in [6.07, 6.45) is 0.149. The molecule has 0 bridgehead atoms. The van der Waals surface area contributed by atoms with Crippen LogP contribution in [0.3, 0.4) is 0 Å². The summed E-state index contributed by atoms with van der Waals surface area (Å²) >= 11 is 0. The van der Waals surface area contributed by atoms with Gasteiger partial charge in [0.1, 0.15) is 5.60 Å². The molecule has 1 fully saturated rings. The van der Waals surface area contributed by atoms with E-state index in [4.69, 9.17) is 14.6 Å². The topological polar surface area (TPSA) is 55.8 Å². The van der Waals surface area contributed by atoms with Crippen LogP contribution in [0.15, 0.2) is 0 Å². The lowest BCUT2D eigenvalue weighted by Crippen LogP contribution is -2.26. The summed E-state index contributed by atoms with van der Waals surface area (Å²) in [6, 6.07) is 0. The highest BCUT2D eigenvalue weighted by Gasteiger charge is 2.27. The van der Waals surface area contributed by atoms with E-state index in [-0.39, 0.29) is 18.5 Å². The van der Waals surface area contributed by atoms with Crippen molar-refractivity contribution >= 4 is 5.97 Å². The molecule has 14 heavy (non-hydrogen) atoms. The van der Waals surface area contributed by atoms with Gasteiger partial charge in [-0.1, -0.05) is 0 Å². The summed E-state index contributed by atoms with van der Waals surface area (Å²) in [5.41, 5.74) is -0.450. The fraction of sp³-hybridized carbons (Fsp3) is 0.900. The molecule has 4 heteroatoms. The van der Waals surface area contributed by atoms with Crippen molar-refractivity contribution in [2.45, 2.75) is 51.4 Å². The van der Waals surface area contributed by atoms with Crippen LogP contribution in [0.25, 0.3) is 0 Å². The van der Waals surface area contributed by atoms with Crippen molar-refractivity contribution in [2.24, 2.45) is 0 Å². The highest BCUT2D eigenvalue weighted by atomic mass is 16.6. The lowest BCUT2D eigenvalue weighted by atomic mass is 10.1. The number of carbonyl (C=O) groups is 1. The molecular formula is C10H18O4. The van der Waals surface area contributed by atoms with E-state index in [1.807, 2.05) is 20.8 Å². The Kier molecular flexibility index (Phi) is 3.50. The first-order chi connectivity index (χ1) is 6.37. The average Bonchev–Trinajstić information content (AvgIpc) is 2.30. The summed E-state index contributed by atoms with van der Waals surface area (Å²) in [5, 5.41) is 9.17. The Labute approximate surface area is 84.2 Å². The molecule has 82 valence electrons. The van der Waals surface area contributed by atoms with Gasteiger partial charge in [-0.15, -0.1) is 0 Å². The van der Waals surface area contributed by atoms with Crippen LogP contribution < -0.4 is 0 Å². The summed E-state index contributed by atoms with van der Waals surface area (Å²) in [5.74, 6) is -0.267. The van der Waals surface area contributed by atoms with Crippen molar-refractivity contribution in [1.29, 1.82) is 0 Å². The Morgan fingerprint density at radius 2 is 2.21 bits per heavy atom. The Hall–Kier alpha value is -0.610. The largest absolute Gasteiger partial charge is 0.460 e. The van der Waals surface area contributed by atoms with Crippen LogP contribution in [0.4, 0.5) is 0 Å². The molecule has 1 heterocycles. The molecule has 1 aliphatic heterocycles. The molecule has 1 saturated heterocycles. The van der Waals surface area contributed by atoms with E-state index in [2.05, 4.69) is 0 Å². The maximum atomic E-state index is 11.3. The average molecular weight is 202 g/mol. The van der Waals surface area contributed by atoms with E-state index in [0.29, 0.717) is 13.0 Å². The standard InChI is InChI=1S/C10H18O4/c1-10(2,3)14-9(12)5-8-4-7(11)6-13-8/h7-8,11H,4-6H2,1-3H3/t7-,8?/m0/s1. The van der Waals surface area contributed by atoms with E-state index in [0.717, 1.165) is 0 Å². The fourth-order valence-corrected chi connectivity index (χ4v) is 1.40. The first kappa shape index (κ1) is 11.5. The van der Waals surface area contributed by atoms with Gasteiger partial charge < -0.3 is 14.6 Å². The summed E-state index contributed by atoms with van der Waals surface area (Å²) in [7, 11) is 0. The molecule has 4 nitrogen and oxygen atoms in total. The Morgan fingerprint density at radius 1 is 1.57 bits per heavy atom. The molecule has 0 radical (unpaired) electrons. The minimum absolute atomic E-state index is 0.181. The Morgan fingerprint density at radius 3 is 2.64 bits per heavy atom. The second-order valence-electron chi connectivity index (χ2n) is 4.64. The van der Waals surface area contributed by atoms with Gasteiger partial charge in [-0.25, -0.2) is 0 Å². The third-order valence-corrected chi connectivity index (χ3v) is 1.87. The zero-order chi connectivity index (χ0) is 10.8. The van der Waals surface area contributed by atoms with Gasteiger partial charge in [0.25, 0.3) is 0 Å². The first-order valence-corrected chi connectivity index (χ1v) is 4.88. The van der Waals surface area contributed by atoms with Crippen LogP contribution in [-0.2, 0) is 14.3 Å². The lowest BCUT2D eigenvalue weighted by molar-refractivity contribution is -0.157. The van der Waals surface area contributed by atoms with Crippen LogP contribution in [0.5, 0.6) is 0 Å². The number of hydrogen-bond acceptors (Lipinski definition) is 4. The number of aliphatic hydroxyl groups is 1. The molecule has 0 saturated carbocycles. The molecule has 0 spiro atoms. The smallest absolute Gasteiger partial charge is 0.308 e. The molecule has 0 aromatic heterocycles. The molecule has 2 atom stereocenters. The monoisotopic (exact) mass is 202 g/mol. The van der Waals surface area contributed by atoms with E-state index in [9.17, 15) is 4.79 Å². The number of rotatable bonds is 2. The summed E-state index contributed by atoms with van der Waals surface area (Å²) in [4.78, 5) is 11.3. The molecule has 1 rings (SSSR count). The second kappa shape index (κ2) is 4.28. The quantitative estimate of drug-likeness (QED) is 0.675. The second-order valence-corrected chi connectivity index (χ2v) is 4.64. The molecule has 1 aliphatic rings. The highest BCUT2D eigenvalue weighted by Crippen LogP contribution is 2.18. The van der Waals surface area contributed by atoms with Crippen molar-refractivity contribution in [1.82, 2.24) is 0 Å². The predicted molar refractivity (Wildman–Crippen MR) is 50.8 cm³/mol. The van der Waals surface area contributed by atoms with Gasteiger partial charge in [0.05, 0.1) is 25.2 Å². The molecule has 1 unspecified atom stereocenters. The normalized spacial score (nSPS) is 27.7. The molecular weight excluding hydrogens is 184 g/mol. The van der Waals surface area contributed by atoms with E-state index < -0.39 is 11.7 Å². The minimum atomic E-state index is -0.450. The molecule has 0 aliphatic carbocycles. The van der Waals surface area contributed by atoms with Crippen LogP contribution in [0.2, 0.25) is 0 Å². The van der Waals surface area contributed by atoms with Crippen LogP contribution in [0.1, 0.15) is 33.6 Å². The maximum absolute atomic E-state index is 11.3. The van der Waals surface area contributed by atoms with Crippen LogP contribution in [-0.4, -0.2) is 35.5 Å². The zero-order valence-electron chi connectivity index (χ0n) is 8.95. The van der Waals surface area contributed by atoms with Crippen molar-refractivity contribution < 1.29 is 19.4 Å². The van der Waals surface area contributed by atoms with Gasteiger partial charge in [-0.05, 0) is 20.8 Å². The van der Waals surface area contributed by atoms with E-state index in [1.165, 1.54) is 0 Å². The van der Waals surface area contributed by atoms with Gasteiger partial charge in [0.15, 0.2) is 0 Å². The van der Waals surface area contributed by atoms with Gasteiger partial charge in [0, 0.05) is 6.42 Å². The predicted octanol–water partition coefficient (Wildman–Crippen LogP) is 0.868. The fourth-order valence-electron chi connectivity index (χ4n) is 1.40. The van der Waals surface area contributed by atoms with Crippen molar-refractivity contribution in [2.75, 3.05) is 6.61 Å². The zero-order valence-corrected chi connectivity index (χ0v) is 8.95. The molecule has 0 amide bonds. The highest BCUT2D eigenvalue weighted by molar-refractivity contribution is 5.70. The third kappa shape index (κ3) is 4.07. The summed E-state index contributed by atoms with van der Waals surface area (Å²) in [6.45, 7) is 5.81. The first-order valence-electron chi connectivity index (χ1n) is 4.88. The number of hydrogen-bond donors (Lipinski definition) is 1. The molecule has 0 aromatic carbocycles. The number of aliphatic hydroxyl groups excluding tert-OH is 1. The van der Waals surface area contributed by atoms with Gasteiger partial charge in [-0.3, -0.25) is 4.79 Å².